The van der Waals surface area contributed by atoms with Crippen LogP contribution in [0, 0.1) is 5.82 Å². The number of para-hydroxylation sites is 1. The molecule has 0 aliphatic carbocycles. The van der Waals surface area contributed by atoms with Crippen LogP contribution in [0.25, 0.3) is 0 Å². The molecule has 3 heterocycles. The summed E-state index contributed by atoms with van der Waals surface area (Å²) in [6.45, 7) is 5.77. The molecule has 4 rings (SSSR count). The Morgan fingerprint density at radius 1 is 1.34 bits per heavy atom. The third kappa shape index (κ3) is 4.83. The lowest BCUT2D eigenvalue weighted by atomic mass is 10.1. The van der Waals surface area contributed by atoms with Crippen molar-refractivity contribution < 1.29 is 18.7 Å². The van der Waals surface area contributed by atoms with Crippen LogP contribution in [0.2, 0.25) is 0 Å². The van der Waals surface area contributed by atoms with Gasteiger partial charge in [-0.1, -0.05) is 26.0 Å². The lowest BCUT2D eigenvalue weighted by Gasteiger charge is -2.31. The molecule has 0 spiro atoms. The van der Waals surface area contributed by atoms with Crippen molar-refractivity contribution in [3.63, 3.8) is 0 Å². The fraction of sp³-hybridized carbons (Fsp3) is 0.435. The summed E-state index contributed by atoms with van der Waals surface area (Å²) < 4.78 is 26.9. The summed E-state index contributed by atoms with van der Waals surface area (Å²) in [6.07, 6.45) is 0.252. The standard InChI is InChI=1S/C23H28FN5O3/c1-15(2)18-13-20(26-25-18)23(30)29-9-11-32-22(14-29)19-12-16(28(3)27-19)8-10-31-21-7-5-4-6-17(21)24/h4-7,12-13,15,22H,8-11,14H2,1-3H3,(H,25,26)/t22-/m0/s1. The summed E-state index contributed by atoms with van der Waals surface area (Å²) in [7, 11) is 1.85. The molecule has 0 radical (unpaired) electrons. The number of nitrogens with one attached hydrogen (secondary N) is 1. The Morgan fingerprint density at radius 3 is 2.91 bits per heavy atom. The fourth-order valence-corrected chi connectivity index (χ4v) is 3.67. The van der Waals surface area contributed by atoms with Crippen LogP contribution in [0.5, 0.6) is 5.75 Å². The Hall–Kier alpha value is -3.20. The molecule has 170 valence electrons. The number of H-pyrrole nitrogens is 1. The molecule has 0 bridgehead atoms. The van der Waals surface area contributed by atoms with Gasteiger partial charge in [0.15, 0.2) is 11.6 Å². The van der Waals surface area contributed by atoms with E-state index in [-0.39, 0.29) is 29.5 Å². The number of carbonyl (C=O) groups is 1. The van der Waals surface area contributed by atoms with Gasteiger partial charge in [-0.3, -0.25) is 14.6 Å². The molecule has 1 atom stereocenters. The number of benzene rings is 1. The van der Waals surface area contributed by atoms with Gasteiger partial charge >= 0.3 is 0 Å². The third-order valence-corrected chi connectivity index (χ3v) is 5.57. The molecule has 2 aromatic heterocycles. The van der Waals surface area contributed by atoms with Crippen LogP contribution in [0.1, 0.15) is 53.4 Å². The van der Waals surface area contributed by atoms with Crippen LogP contribution in [-0.2, 0) is 18.2 Å². The number of amides is 1. The molecule has 1 amide bonds. The van der Waals surface area contributed by atoms with Gasteiger partial charge in [0.2, 0.25) is 0 Å². The van der Waals surface area contributed by atoms with Crippen molar-refractivity contribution >= 4 is 5.91 Å². The predicted octanol–water partition coefficient (Wildman–Crippen LogP) is 3.24. The maximum Gasteiger partial charge on any atom is 0.274 e. The second-order valence-electron chi connectivity index (χ2n) is 8.19. The zero-order chi connectivity index (χ0) is 22.7. The van der Waals surface area contributed by atoms with Crippen molar-refractivity contribution in [2.75, 3.05) is 26.3 Å². The van der Waals surface area contributed by atoms with Gasteiger partial charge in [0.05, 0.1) is 25.5 Å². The van der Waals surface area contributed by atoms with Gasteiger partial charge in [-0.2, -0.15) is 10.2 Å². The van der Waals surface area contributed by atoms with Crippen molar-refractivity contribution in [1.82, 2.24) is 24.9 Å². The molecule has 1 aliphatic heterocycles. The Kier molecular flexibility index (Phi) is 6.55. The molecule has 0 saturated carbocycles. The first-order chi connectivity index (χ1) is 15.4. The summed E-state index contributed by atoms with van der Waals surface area (Å²) in [5.74, 6) is 0.0151. The maximum absolute atomic E-state index is 13.7. The van der Waals surface area contributed by atoms with Crippen LogP contribution < -0.4 is 4.74 Å². The number of hydrogen-bond acceptors (Lipinski definition) is 5. The molecule has 1 saturated heterocycles. The third-order valence-electron chi connectivity index (χ3n) is 5.57. The molecule has 32 heavy (non-hydrogen) atoms. The van der Waals surface area contributed by atoms with Gasteiger partial charge in [0, 0.05) is 31.4 Å². The highest BCUT2D eigenvalue weighted by Gasteiger charge is 2.29. The van der Waals surface area contributed by atoms with Crippen molar-refractivity contribution in [3.8, 4) is 5.75 Å². The van der Waals surface area contributed by atoms with Crippen LogP contribution in [0.3, 0.4) is 0 Å². The normalized spacial score (nSPS) is 16.5. The summed E-state index contributed by atoms with van der Waals surface area (Å²) in [4.78, 5) is 14.7. The van der Waals surface area contributed by atoms with Gasteiger partial charge in [-0.05, 0) is 30.2 Å². The van der Waals surface area contributed by atoms with Gasteiger partial charge in [0.25, 0.3) is 5.91 Å². The minimum atomic E-state index is -0.379. The monoisotopic (exact) mass is 441 g/mol. The number of nitrogens with zero attached hydrogens (tertiary/aromatic N) is 4. The average molecular weight is 442 g/mol. The lowest BCUT2D eigenvalue weighted by molar-refractivity contribution is -0.0251. The highest BCUT2D eigenvalue weighted by Crippen LogP contribution is 2.24. The summed E-state index contributed by atoms with van der Waals surface area (Å²) in [5.41, 5.74) is 3.06. The molecular formula is C23H28FN5O3. The van der Waals surface area contributed by atoms with Crippen LogP contribution in [0.15, 0.2) is 36.4 Å². The van der Waals surface area contributed by atoms with E-state index in [9.17, 15) is 9.18 Å². The quantitative estimate of drug-likeness (QED) is 0.608. The Morgan fingerprint density at radius 2 is 2.16 bits per heavy atom. The first kappa shape index (κ1) is 22.0. The number of aromatic amines is 1. The highest BCUT2D eigenvalue weighted by molar-refractivity contribution is 5.92. The zero-order valence-electron chi connectivity index (χ0n) is 18.5. The summed E-state index contributed by atoms with van der Waals surface area (Å²) >= 11 is 0. The van der Waals surface area contributed by atoms with E-state index in [2.05, 4.69) is 15.3 Å². The van der Waals surface area contributed by atoms with Crippen molar-refractivity contribution in [2.24, 2.45) is 7.05 Å². The highest BCUT2D eigenvalue weighted by atomic mass is 19.1. The number of morpholine rings is 1. The number of hydrogen-bond donors (Lipinski definition) is 1. The molecule has 1 N–H and O–H groups in total. The van der Waals surface area contributed by atoms with Crippen molar-refractivity contribution in [3.05, 3.63) is 65.0 Å². The number of aromatic nitrogens is 4. The lowest BCUT2D eigenvalue weighted by Crippen LogP contribution is -2.42. The first-order valence-electron chi connectivity index (χ1n) is 10.8. The molecule has 1 aromatic carbocycles. The molecule has 9 heteroatoms. The minimum Gasteiger partial charge on any atom is -0.490 e. The molecular weight excluding hydrogens is 413 g/mol. The largest absolute Gasteiger partial charge is 0.490 e. The summed E-state index contributed by atoms with van der Waals surface area (Å²) in [5, 5.41) is 11.7. The molecule has 3 aromatic rings. The number of aryl methyl sites for hydroxylation is 1. The molecule has 1 aliphatic rings. The topological polar surface area (TPSA) is 85.3 Å². The van der Waals surface area contributed by atoms with Gasteiger partial charge < -0.3 is 14.4 Å². The second kappa shape index (κ2) is 9.52. The van der Waals surface area contributed by atoms with Crippen LogP contribution in [0.4, 0.5) is 4.39 Å². The van der Waals surface area contributed by atoms with E-state index in [4.69, 9.17) is 9.47 Å². The Labute approximate surface area is 186 Å². The average Bonchev–Trinajstić information content (AvgIpc) is 3.42. The number of halogens is 1. The van der Waals surface area contributed by atoms with E-state index in [0.29, 0.717) is 38.4 Å². The number of carbonyl (C=O) groups excluding carboxylic acids is 1. The predicted molar refractivity (Wildman–Crippen MR) is 116 cm³/mol. The van der Waals surface area contributed by atoms with E-state index < -0.39 is 0 Å². The first-order valence-corrected chi connectivity index (χ1v) is 10.8. The van der Waals surface area contributed by atoms with E-state index in [1.54, 1.807) is 27.8 Å². The van der Waals surface area contributed by atoms with E-state index in [1.165, 1.54) is 6.07 Å². The molecule has 8 nitrogen and oxygen atoms in total. The van der Waals surface area contributed by atoms with Crippen molar-refractivity contribution in [1.29, 1.82) is 0 Å². The van der Waals surface area contributed by atoms with Gasteiger partial charge in [-0.25, -0.2) is 4.39 Å². The van der Waals surface area contributed by atoms with Gasteiger partial charge in [-0.15, -0.1) is 0 Å². The molecule has 0 unspecified atom stereocenters. The van der Waals surface area contributed by atoms with Crippen molar-refractivity contribution in [2.45, 2.75) is 32.3 Å². The van der Waals surface area contributed by atoms with E-state index in [1.807, 2.05) is 33.0 Å². The number of rotatable bonds is 7. The van der Waals surface area contributed by atoms with Crippen LogP contribution in [-0.4, -0.2) is 57.1 Å². The zero-order valence-corrected chi connectivity index (χ0v) is 18.5. The van der Waals surface area contributed by atoms with Crippen LogP contribution >= 0.6 is 0 Å². The molecule has 1 fully saturated rings. The SMILES string of the molecule is CC(C)c1cc(C(=O)N2CCO[C@H](c3cc(CCOc4ccccc4F)n(C)n3)C2)n[nH]1. The minimum absolute atomic E-state index is 0.115. The van der Waals surface area contributed by atoms with E-state index >= 15 is 0 Å². The number of ether oxygens (including phenoxy) is 2. The maximum atomic E-state index is 13.7. The Balaban J connectivity index is 1.38. The van der Waals surface area contributed by atoms with E-state index in [0.717, 1.165) is 17.1 Å². The fourth-order valence-electron chi connectivity index (χ4n) is 3.67. The summed E-state index contributed by atoms with van der Waals surface area (Å²) in [6, 6.07) is 10.1. The van der Waals surface area contributed by atoms with Gasteiger partial charge in [0.1, 0.15) is 11.8 Å². The smallest absolute Gasteiger partial charge is 0.274 e. The second-order valence-corrected chi connectivity index (χ2v) is 8.19. The Bertz CT molecular complexity index is 1080.